The van der Waals surface area contributed by atoms with Gasteiger partial charge < -0.3 is 4.57 Å². The fraction of sp³-hybridized carbons (Fsp3) is 0. The van der Waals surface area contributed by atoms with Gasteiger partial charge in [0.2, 0.25) is 5.95 Å². The van der Waals surface area contributed by atoms with E-state index in [-0.39, 0.29) is 29.7 Å². The first-order valence-corrected chi connectivity index (χ1v) is 21.9. The second kappa shape index (κ2) is 15.4. The quantitative estimate of drug-likeness (QED) is 0.161. The molecule has 0 N–H and O–H groups in total. The van der Waals surface area contributed by atoms with Crippen molar-refractivity contribution in [2.45, 2.75) is 0 Å². The lowest BCUT2D eigenvalue weighted by molar-refractivity contribution is 0.953. The van der Waals surface area contributed by atoms with E-state index in [2.05, 4.69) is 118 Å². The van der Waals surface area contributed by atoms with Crippen LogP contribution in [0.4, 0.5) is 0 Å². The second-order valence-corrected chi connectivity index (χ2v) is 16.5. The molecular weight excluding hydrogens is 803 g/mol. The van der Waals surface area contributed by atoms with Crippen LogP contribution in [0.15, 0.2) is 236 Å². The molecule has 0 fully saturated rings. The fourth-order valence-electron chi connectivity index (χ4n) is 9.64. The molecule has 5 heteroatoms. The van der Waals surface area contributed by atoms with Crippen molar-refractivity contribution in [2.75, 3.05) is 0 Å². The molecule has 0 aliphatic carbocycles. The number of aromatic nitrogens is 5. The molecule has 0 aliphatic heterocycles. The third-order valence-electron chi connectivity index (χ3n) is 12.6. The molecule has 10 aromatic carbocycles. The lowest BCUT2D eigenvalue weighted by atomic mass is 9.97. The van der Waals surface area contributed by atoms with Crippen LogP contribution in [-0.4, -0.2) is 24.1 Å². The number of nitrogens with zero attached hydrogens (tertiary/aromatic N) is 5. The van der Waals surface area contributed by atoms with E-state index in [4.69, 9.17) is 21.8 Å². The van der Waals surface area contributed by atoms with Crippen LogP contribution in [0.1, 0.15) is 6.85 Å². The highest BCUT2D eigenvalue weighted by Crippen LogP contribution is 2.43. The van der Waals surface area contributed by atoms with Gasteiger partial charge in [0, 0.05) is 38.4 Å². The first-order valence-electron chi connectivity index (χ1n) is 24.4. The van der Waals surface area contributed by atoms with Gasteiger partial charge in [-0.05, 0) is 74.5 Å². The van der Waals surface area contributed by atoms with Crippen LogP contribution in [0.5, 0.6) is 0 Å². The molecule has 0 atom stereocenters. The van der Waals surface area contributed by atoms with Crippen LogP contribution in [0.25, 0.3) is 122 Å². The number of rotatable bonds is 7. The summed E-state index contributed by atoms with van der Waals surface area (Å²) in [5.41, 5.74) is 10.6. The highest BCUT2D eigenvalue weighted by Gasteiger charge is 2.24. The second-order valence-electron chi connectivity index (χ2n) is 16.5. The lowest BCUT2D eigenvalue weighted by Crippen LogP contribution is -2.07. The normalized spacial score (nSPS) is 12.7. The van der Waals surface area contributed by atoms with E-state index in [1.165, 1.54) is 10.8 Å². The average Bonchev–Trinajstić information content (AvgIpc) is 3.95. The minimum absolute atomic E-state index is 0.131. The molecule has 3 heterocycles. The maximum atomic E-state index is 9.08. The summed E-state index contributed by atoms with van der Waals surface area (Å²) in [6.45, 7) is 0. The van der Waals surface area contributed by atoms with Crippen molar-refractivity contribution in [1.29, 1.82) is 0 Å². The van der Waals surface area contributed by atoms with Crippen molar-refractivity contribution in [2.24, 2.45) is 0 Å². The standard InChI is InChI=1S/C61H39N5/c1-4-17-40(18-5-1)46-37-47(41-19-6-2-7-20-41)39-48(38-46)65-55-29-14-12-26-51(55)53-35-36-54-52-27-13-15-30-56(52)66(58(54)57(53)65)61-63-59(44-22-8-3-9-23-44)62-60(64-61)45-33-31-43(32-34-45)50-28-16-24-42-21-10-11-25-49(42)50/h1-39H/i1D,4D,5D,17D,18D. The minimum atomic E-state index is -0.435. The Morgan fingerprint density at radius 3 is 1.53 bits per heavy atom. The molecule has 66 heavy (non-hydrogen) atoms. The average molecular weight is 847 g/mol. The first kappa shape index (κ1) is 32.7. The van der Waals surface area contributed by atoms with Crippen LogP contribution in [0, 0.1) is 0 Å². The molecule has 0 spiro atoms. The maximum Gasteiger partial charge on any atom is 0.238 e. The molecule has 0 bridgehead atoms. The summed E-state index contributed by atoms with van der Waals surface area (Å²) in [7, 11) is 0. The van der Waals surface area contributed by atoms with Gasteiger partial charge in [-0.1, -0.05) is 206 Å². The smallest absolute Gasteiger partial charge is 0.238 e. The van der Waals surface area contributed by atoms with Crippen molar-refractivity contribution < 1.29 is 6.85 Å². The number of para-hydroxylation sites is 2. The van der Waals surface area contributed by atoms with Gasteiger partial charge in [-0.2, -0.15) is 9.97 Å². The number of hydrogen-bond acceptors (Lipinski definition) is 3. The molecule has 0 amide bonds. The van der Waals surface area contributed by atoms with Gasteiger partial charge >= 0.3 is 0 Å². The molecule has 0 saturated carbocycles. The molecular formula is C61H39N5. The zero-order chi connectivity index (χ0) is 47.9. The van der Waals surface area contributed by atoms with Crippen LogP contribution in [-0.2, 0) is 0 Å². The minimum Gasteiger partial charge on any atom is -0.307 e. The maximum absolute atomic E-state index is 9.08. The van der Waals surface area contributed by atoms with Crippen molar-refractivity contribution in [1.82, 2.24) is 24.1 Å². The van der Waals surface area contributed by atoms with Gasteiger partial charge in [-0.15, -0.1) is 0 Å². The molecule has 0 aliphatic rings. The zero-order valence-corrected chi connectivity index (χ0v) is 35.4. The summed E-state index contributed by atoms with van der Waals surface area (Å²) < 4.78 is 48.2. The fourth-order valence-corrected chi connectivity index (χ4v) is 9.64. The largest absolute Gasteiger partial charge is 0.307 e. The Morgan fingerprint density at radius 1 is 0.333 bits per heavy atom. The van der Waals surface area contributed by atoms with E-state index in [9.17, 15) is 0 Å². The van der Waals surface area contributed by atoms with Gasteiger partial charge in [0.25, 0.3) is 0 Å². The Bertz CT molecular complexity index is 4250. The van der Waals surface area contributed by atoms with Gasteiger partial charge in [-0.25, -0.2) is 4.98 Å². The summed E-state index contributed by atoms with van der Waals surface area (Å²) in [6, 6.07) is 68.4. The summed E-state index contributed by atoms with van der Waals surface area (Å²) in [4.78, 5) is 15.9. The monoisotopic (exact) mass is 846 g/mol. The summed E-state index contributed by atoms with van der Waals surface area (Å²) in [6.07, 6.45) is 0. The molecule has 5 nitrogen and oxygen atoms in total. The molecule has 308 valence electrons. The van der Waals surface area contributed by atoms with Crippen molar-refractivity contribution in [3.05, 3.63) is 236 Å². The Balaban J connectivity index is 1.11. The topological polar surface area (TPSA) is 48.5 Å². The van der Waals surface area contributed by atoms with Crippen LogP contribution >= 0.6 is 0 Å². The highest BCUT2D eigenvalue weighted by molar-refractivity contribution is 6.23. The van der Waals surface area contributed by atoms with Gasteiger partial charge in [0.05, 0.1) is 28.9 Å². The van der Waals surface area contributed by atoms with Crippen LogP contribution < -0.4 is 0 Å². The highest BCUT2D eigenvalue weighted by atomic mass is 15.2. The third-order valence-corrected chi connectivity index (χ3v) is 12.6. The van der Waals surface area contributed by atoms with Gasteiger partial charge in [0.15, 0.2) is 11.6 Å². The van der Waals surface area contributed by atoms with Gasteiger partial charge in [0.1, 0.15) is 0 Å². The zero-order valence-electron chi connectivity index (χ0n) is 40.4. The van der Waals surface area contributed by atoms with Crippen LogP contribution in [0.3, 0.4) is 0 Å². The molecule has 13 aromatic rings. The predicted molar refractivity (Wildman–Crippen MR) is 273 cm³/mol. The molecule has 3 aromatic heterocycles. The van der Waals surface area contributed by atoms with Crippen molar-refractivity contribution in [3.63, 3.8) is 0 Å². The van der Waals surface area contributed by atoms with Gasteiger partial charge in [-0.3, -0.25) is 4.57 Å². The van der Waals surface area contributed by atoms with E-state index in [0.29, 0.717) is 23.2 Å². The first-order chi connectivity index (χ1) is 34.8. The third kappa shape index (κ3) is 6.21. The number of hydrogen-bond donors (Lipinski definition) is 0. The predicted octanol–water partition coefficient (Wildman–Crippen LogP) is 15.6. The summed E-state index contributed by atoms with van der Waals surface area (Å²) >= 11 is 0. The van der Waals surface area contributed by atoms with Crippen molar-refractivity contribution in [3.8, 4) is 67.8 Å². The van der Waals surface area contributed by atoms with Crippen molar-refractivity contribution >= 4 is 54.4 Å². The summed E-state index contributed by atoms with van der Waals surface area (Å²) in [5, 5.41) is 6.38. The SMILES string of the molecule is [2H]c1c([2H])c([2H])c(-c2cc(-c3ccccc3)cc(-n3c4ccccc4c4ccc5c6ccccc6n(-c6nc(-c7ccccc7)nc(-c7ccc(-c8cccc9ccccc89)cc7)n6)c5c43)c2)c([2H])c1[2H]. The number of benzene rings is 10. The lowest BCUT2D eigenvalue weighted by Gasteiger charge is -2.16. The van der Waals surface area contributed by atoms with E-state index in [1.807, 2.05) is 97.1 Å². The Kier molecular flexibility index (Phi) is 7.63. The molecule has 13 rings (SSSR count). The van der Waals surface area contributed by atoms with Crippen LogP contribution in [0.2, 0.25) is 0 Å². The van der Waals surface area contributed by atoms with E-state index < -0.39 is 6.04 Å². The molecule has 0 unspecified atom stereocenters. The molecule has 0 radical (unpaired) electrons. The number of fused-ring (bicyclic) bond motifs is 8. The molecule has 0 saturated heterocycles. The summed E-state index contributed by atoms with van der Waals surface area (Å²) in [5.74, 6) is 1.50. The Labute approximate surface area is 388 Å². The Hall–Kier alpha value is -8.93. The van der Waals surface area contributed by atoms with E-state index in [1.54, 1.807) is 0 Å². The Morgan fingerprint density at radius 2 is 0.848 bits per heavy atom. The van der Waals surface area contributed by atoms with E-state index >= 15 is 0 Å². The van der Waals surface area contributed by atoms with E-state index in [0.717, 1.165) is 82.7 Å².